The largest absolute Gasteiger partial charge is 0.298 e. The van der Waals surface area contributed by atoms with Gasteiger partial charge in [-0.15, -0.1) is 0 Å². The van der Waals surface area contributed by atoms with Gasteiger partial charge in [-0.25, -0.2) is 0 Å². The molecule has 1 saturated carbocycles. The lowest BCUT2D eigenvalue weighted by atomic mass is 9.65. The molecule has 1 heterocycles. The quantitative estimate of drug-likeness (QED) is 0.786. The van der Waals surface area contributed by atoms with E-state index in [4.69, 9.17) is 0 Å². The summed E-state index contributed by atoms with van der Waals surface area (Å²) in [5.41, 5.74) is 1.45. The van der Waals surface area contributed by atoms with Gasteiger partial charge in [0, 0.05) is 24.9 Å². The SMILES string of the molecule is CC(=O)N1c2ccccc2C2CCCC(=O)C21C(C)C. The number of rotatable bonds is 1. The van der Waals surface area contributed by atoms with E-state index < -0.39 is 5.54 Å². The molecule has 0 bridgehead atoms. The van der Waals surface area contributed by atoms with E-state index in [2.05, 4.69) is 19.9 Å². The molecule has 0 spiro atoms. The average molecular weight is 271 g/mol. The molecule has 20 heavy (non-hydrogen) atoms. The monoisotopic (exact) mass is 271 g/mol. The molecule has 1 amide bonds. The second kappa shape index (κ2) is 4.44. The normalized spacial score (nSPS) is 28.5. The van der Waals surface area contributed by atoms with Crippen LogP contribution in [0.5, 0.6) is 0 Å². The number of nitrogens with zero attached hydrogens (tertiary/aromatic N) is 1. The van der Waals surface area contributed by atoms with Crippen LogP contribution in [0.4, 0.5) is 5.69 Å². The minimum Gasteiger partial charge on any atom is -0.298 e. The molecule has 2 aliphatic rings. The molecule has 0 radical (unpaired) electrons. The second-order valence-corrected chi connectivity index (χ2v) is 6.26. The van der Waals surface area contributed by atoms with E-state index in [1.54, 1.807) is 11.8 Å². The first kappa shape index (κ1) is 13.3. The molecule has 1 aromatic rings. The number of carbonyl (C=O) groups excluding carboxylic acids is 2. The van der Waals surface area contributed by atoms with Crippen LogP contribution in [-0.2, 0) is 9.59 Å². The maximum absolute atomic E-state index is 12.8. The predicted octanol–water partition coefficient (Wildman–Crippen LogP) is 3.28. The Hall–Kier alpha value is -1.64. The van der Waals surface area contributed by atoms with Gasteiger partial charge in [0.25, 0.3) is 0 Å². The van der Waals surface area contributed by atoms with E-state index in [1.807, 2.05) is 18.2 Å². The van der Waals surface area contributed by atoms with Crippen LogP contribution in [-0.4, -0.2) is 17.2 Å². The van der Waals surface area contributed by atoms with Crippen LogP contribution in [0.25, 0.3) is 0 Å². The van der Waals surface area contributed by atoms with Crippen molar-refractivity contribution in [3.63, 3.8) is 0 Å². The van der Waals surface area contributed by atoms with E-state index in [0.29, 0.717) is 6.42 Å². The zero-order valence-corrected chi connectivity index (χ0v) is 12.3. The smallest absolute Gasteiger partial charge is 0.224 e. The number of fused-ring (bicyclic) bond motifs is 3. The number of carbonyl (C=O) groups is 2. The van der Waals surface area contributed by atoms with Crippen molar-refractivity contribution in [2.24, 2.45) is 5.92 Å². The van der Waals surface area contributed by atoms with Gasteiger partial charge >= 0.3 is 0 Å². The maximum Gasteiger partial charge on any atom is 0.224 e. The summed E-state index contributed by atoms with van der Waals surface area (Å²) in [6.07, 6.45) is 2.51. The van der Waals surface area contributed by atoms with Gasteiger partial charge in [-0.05, 0) is 30.4 Å². The lowest BCUT2D eigenvalue weighted by Gasteiger charge is -2.46. The Kier molecular flexibility index (Phi) is 2.96. The first-order valence-electron chi connectivity index (χ1n) is 7.44. The Labute approximate surface area is 120 Å². The highest BCUT2D eigenvalue weighted by Crippen LogP contribution is 2.56. The van der Waals surface area contributed by atoms with Gasteiger partial charge in [-0.2, -0.15) is 0 Å². The third kappa shape index (κ3) is 1.46. The molecule has 1 aromatic carbocycles. The first-order chi connectivity index (χ1) is 9.51. The molecule has 3 rings (SSSR count). The molecule has 0 saturated heterocycles. The van der Waals surface area contributed by atoms with Crippen molar-refractivity contribution in [3.05, 3.63) is 29.8 Å². The Bertz CT molecular complexity index is 578. The van der Waals surface area contributed by atoms with Crippen molar-refractivity contribution in [3.8, 4) is 0 Å². The van der Waals surface area contributed by atoms with Crippen LogP contribution in [0.15, 0.2) is 24.3 Å². The van der Waals surface area contributed by atoms with Crippen molar-refractivity contribution in [2.45, 2.75) is 51.5 Å². The van der Waals surface area contributed by atoms with Gasteiger partial charge in [-0.3, -0.25) is 14.5 Å². The van der Waals surface area contributed by atoms with Crippen LogP contribution in [0, 0.1) is 5.92 Å². The fraction of sp³-hybridized carbons (Fsp3) is 0.529. The van der Waals surface area contributed by atoms with Crippen molar-refractivity contribution in [1.82, 2.24) is 0 Å². The third-order valence-corrected chi connectivity index (χ3v) is 4.99. The molecule has 1 aliphatic carbocycles. The van der Waals surface area contributed by atoms with E-state index in [1.165, 1.54) is 5.56 Å². The van der Waals surface area contributed by atoms with Crippen molar-refractivity contribution >= 4 is 17.4 Å². The molecule has 106 valence electrons. The summed E-state index contributed by atoms with van der Waals surface area (Å²) in [6.45, 7) is 5.71. The minimum absolute atomic E-state index is 0.0242. The Morgan fingerprint density at radius 2 is 2.05 bits per heavy atom. The fourth-order valence-electron chi connectivity index (χ4n) is 4.35. The van der Waals surface area contributed by atoms with Crippen LogP contribution in [0.3, 0.4) is 0 Å². The molecule has 1 aliphatic heterocycles. The number of hydrogen-bond donors (Lipinski definition) is 0. The molecule has 0 aromatic heterocycles. The summed E-state index contributed by atoms with van der Waals surface area (Å²) in [5.74, 6) is 0.486. The molecular weight excluding hydrogens is 250 g/mol. The van der Waals surface area contributed by atoms with Gasteiger partial charge in [0.05, 0.1) is 0 Å². The molecule has 2 unspecified atom stereocenters. The van der Waals surface area contributed by atoms with Gasteiger partial charge in [0.2, 0.25) is 5.91 Å². The van der Waals surface area contributed by atoms with Gasteiger partial charge < -0.3 is 0 Å². The summed E-state index contributed by atoms with van der Waals surface area (Å²) in [4.78, 5) is 26.9. The number of benzene rings is 1. The predicted molar refractivity (Wildman–Crippen MR) is 78.8 cm³/mol. The highest BCUT2D eigenvalue weighted by molar-refractivity contribution is 6.07. The minimum atomic E-state index is -0.659. The first-order valence-corrected chi connectivity index (χ1v) is 7.44. The van der Waals surface area contributed by atoms with E-state index >= 15 is 0 Å². The van der Waals surface area contributed by atoms with Crippen molar-refractivity contribution in [1.29, 1.82) is 0 Å². The van der Waals surface area contributed by atoms with E-state index in [0.717, 1.165) is 18.5 Å². The van der Waals surface area contributed by atoms with Crippen LogP contribution in [0.2, 0.25) is 0 Å². The Morgan fingerprint density at radius 3 is 2.70 bits per heavy atom. The summed E-state index contributed by atoms with van der Waals surface area (Å²) in [5, 5.41) is 0. The topological polar surface area (TPSA) is 37.4 Å². The zero-order chi connectivity index (χ0) is 14.5. The van der Waals surface area contributed by atoms with E-state index in [-0.39, 0.29) is 23.5 Å². The number of anilines is 1. The van der Waals surface area contributed by atoms with Crippen LogP contribution >= 0.6 is 0 Å². The highest BCUT2D eigenvalue weighted by Gasteiger charge is 2.60. The van der Waals surface area contributed by atoms with Crippen molar-refractivity contribution < 1.29 is 9.59 Å². The lowest BCUT2D eigenvalue weighted by molar-refractivity contribution is -0.132. The molecule has 1 fully saturated rings. The fourth-order valence-corrected chi connectivity index (χ4v) is 4.35. The number of ketones is 1. The Morgan fingerprint density at radius 1 is 1.35 bits per heavy atom. The summed E-state index contributed by atoms with van der Waals surface area (Å²) in [7, 11) is 0. The highest BCUT2D eigenvalue weighted by atomic mass is 16.2. The van der Waals surface area contributed by atoms with Crippen LogP contribution < -0.4 is 4.90 Å². The number of Topliss-reactive ketones (excluding diaryl/α,β-unsaturated/α-hetero) is 1. The van der Waals surface area contributed by atoms with Gasteiger partial charge in [-0.1, -0.05) is 32.0 Å². The molecule has 0 N–H and O–H groups in total. The maximum atomic E-state index is 12.8. The van der Waals surface area contributed by atoms with Gasteiger partial charge in [0.15, 0.2) is 5.78 Å². The van der Waals surface area contributed by atoms with E-state index in [9.17, 15) is 9.59 Å². The molecule has 3 nitrogen and oxygen atoms in total. The van der Waals surface area contributed by atoms with Crippen molar-refractivity contribution in [2.75, 3.05) is 4.90 Å². The number of para-hydroxylation sites is 1. The third-order valence-electron chi connectivity index (χ3n) is 4.99. The van der Waals surface area contributed by atoms with Gasteiger partial charge in [0.1, 0.15) is 5.54 Å². The zero-order valence-electron chi connectivity index (χ0n) is 12.3. The summed E-state index contributed by atoms with van der Waals surface area (Å²) in [6, 6.07) is 8.02. The summed E-state index contributed by atoms with van der Waals surface area (Å²) < 4.78 is 0. The standard InChI is InChI=1S/C17H21NO2/c1-11(2)17-14(8-6-10-16(17)20)13-7-4-5-9-15(13)18(17)12(3)19/h4-5,7,9,11,14H,6,8,10H2,1-3H3. The average Bonchev–Trinajstić information content (AvgIpc) is 2.72. The second-order valence-electron chi connectivity index (χ2n) is 6.26. The molecule has 2 atom stereocenters. The van der Waals surface area contributed by atoms with Crippen LogP contribution in [0.1, 0.15) is 51.5 Å². The molecule has 3 heteroatoms. The number of hydrogen-bond acceptors (Lipinski definition) is 2. The Balaban J connectivity index is 2.29. The summed E-state index contributed by atoms with van der Waals surface area (Å²) >= 11 is 0. The molecular formula is C17H21NO2. The lowest BCUT2D eigenvalue weighted by Crippen LogP contribution is -2.61. The number of amides is 1.